The van der Waals surface area contributed by atoms with Crippen molar-refractivity contribution in [2.24, 2.45) is 0 Å². The van der Waals surface area contributed by atoms with E-state index in [-0.39, 0.29) is 0 Å². The largest absolute Gasteiger partial charge is 0.249 e. The third-order valence-corrected chi connectivity index (χ3v) is 2.48. The highest BCUT2D eigenvalue weighted by Gasteiger charge is 1.97. The van der Waals surface area contributed by atoms with E-state index < -0.39 is 0 Å². The fourth-order valence-electron chi connectivity index (χ4n) is 0.673. The summed E-state index contributed by atoms with van der Waals surface area (Å²) in [4.78, 5) is 4.23. The molecule has 0 bridgehead atoms. The van der Waals surface area contributed by atoms with Crippen LogP contribution in [-0.2, 0) is 0 Å². The number of hydrogen-bond acceptors (Lipinski definition) is 2. The molecule has 0 saturated carbocycles. The third kappa shape index (κ3) is 3.25. The topological polar surface area (TPSA) is 12.9 Å². The van der Waals surface area contributed by atoms with Gasteiger partial charge in [-0.2, -0.15) is 0 Å². The summed E-state index contributed by atoms with van der Waals surface area (Å²) in [5.74, 6) is 0. The van der Waals surface area contributed by atoms with Crippen molar-refractivity contribution in [3.8, 4) is 0 Å². The molecule has 0 aromatic carbocycles. The van der Waals surface area contributed by atoms with Crippen LogP contribution >= 0.6 is 27.7 Å². The highest BCUT2D eigenvalue weighted by Crippen LogP contribution is 2.21. The number of pyridine rings is 1. The first-order chi connectivity index (χ1) is 5.18. The average molecular weight is 232 g/mol. The van der Waals surface area contributed by atoms with Gasteiger partial charge in [0.15, 0.2) is 0 Å². The van der Waals surface area contributed by atoms with Crippen LogP contribution in [0.15, 0.2) is 27.8 Å². The quantitative estimate of drug-likeness (QED) is 0.725. The van der Waals surface area contributed by atoms with Gasteiger partial charge in [-0.15, -0.1) is 11.8 Å². The maximum Gasteiger partial charge on any atom is 0.0963 e. The van der Waals surface area contributed by atoms with Gasteiger partial charge in [0.1, 0.15) is 0 Å². The molecule has 0 radical (unpaired) electrons. The van der Waals surface area contributed by atoms with Crippen LogP contribution in [0.5, 0.6) is 0 Å². The molecule has 11 heavy (non-hydrogen) atoms. The minimum atomic E-state index is 0.601. The summed E-state index contributed by atoms with van der Waals surface area (Å²) in [7, 11) is 0. The Kier molecular flexibility index (Phi) is 3.40. The number of nitrogens with zero attached hydrogens (tertiary/aromatic N) is 1. The Morgan fingerprint density at radius 3 is 2.64 bits per heavy atom. The molecule has 0 unspecified atom stereocenters. The van der Waals surface area contributed by atoms with Gasteiger partial charge >= 0.3 is 0 Å². The van der Waals surface area contributed by atoms with Crippen LogP contribution in [0.2, 0.25) is 0 Å². The van der Waals surface area contributed by atoms with Crippen molar-refractivity contribution in [1.82, 2.24) is 4.98 Å². The second kappa shape index (κ2) is 4.12. The first kappa shape index (κ1) is 9.07. The summed E-state index contributed by atoms with van der Waals surface area (Å²) in [6.45, 7) is 4.32. The highest BCUT2D eigenvalue weighted by molar-refractivity contribution is 9.10. The predicted molar refractivity (Wildman–Crippen MR) is 52.9 cm³/mol. The van der Waals surface area contributed by atoms with Gasteiger partial charge in [-0.3, -0.25) is 0 Å². The molecular formula is C8H10BrNS. The molecule has 0 fully saturated rings. The maximum atomic E-state index is 4.23. The van der Waals surface area contributed by atoms with Crippen LogP contribution < -0.4 is 0 Å². The third-order valence-electron chi connectivity index (χ3n) is 1.06. The van der Waals surface area contributed by atoms with Crippen molar-refractivity contribution < 1.29 is 0 Å². The molecule has 0 saturated heterocycles. The lowest BCUT2D eigenvalue weighted by atomic mass is 10.5. The summed E-state index contributed by atoms with van der Waals surface area (Å²) in [5.41, 5.74) is 0. The molecule has 0 aliphatic heterocycles. The van der Waals surface area contributed by atoms with E-state index in [1.54, 1.807) is 11.8 Å². The zero-order chi connectivity index (χ0) is 8.27. The van der Waals surface area contributed by atoms with Gasteiger partial charge in [0.05, 0.1) is 5.03 Å². The fraction of sp³-hybridized carbons (Fsp3) is 0.375. The number of halogens is 1. The van der Waals surface area contributed by atoms with E-state index in [0.29, 0.717) is 5.25 Å². The molecular weight excluding hydrogens is 222 g/mol. The van der Waals surface area contributed by atoms with E-state index in [0.717, 1.165) is 9.50 Å². The Labute approximate surface area is 79.7 Å². The van der Waals surface area contributed by atoms with Crippen molar-refractivity contribution in [3.63, 3.8) is 0 Å². The van der Waals surface area contributed by atoms with Gasteiger partial charge in [0.25, 0.3) is 0 Å². The molecule has 1 aromatic rings. The van der Waals surface area contributed by atoms with Gasteiger partial charge in [0.2, 0.25) is 0 Å². The Morgan fingerprint density at radius 2 is 2.18 bits per heavy atom. The Bertz CT molecular complexity index is 220. The first-order valence-electron chi connectivity index (χ1n) is 3.46. The van der Waals surface area contributed by atoms with Crippen LogP contribution in [0.4, 0.5) is 0 Å². The number of rotatable bonds is 2. The van der Waals surface area contributed by atoms with Gasteiger partial charge in [-0.05, 0) is 28.1 Å². The van der Waals surface area contributed by atoms with E-state index in [2.05, 4.69) is 34.8 Å². The Morgan fingerprint density at radius 1 is 1.45 bits per heavy atom. The highest BCUT2D eigenvalue weighted by atomic mass is 79.9. The van der Waals surface area contributed by atoms with Crippen molar-refractivity contribution >= 4 is 27.7 Å². The Balaban J connectivity index is 2.66. The minimum Gasteiger partial charge on any atom is -0.249 e. The standard InChI is InChI=1S/C8H10BrNS/c1-6(2)11-8-4-3-7(9)5-10-8/h3-6H,1-2H3. The van der Waals surface area contributed by atoms with E-state index in [1.165, 1.54) is 0 Å². The van der Waals surface area contributed by atoms with E-state index in [4.69, 9.17) is 0 Å². The monoisotopic (exact) mass is 231 g/mol. The zero-order valence-electron chi connectivity index (χ0n) is 6.54. The molecule has 1 heterocycles. The summed E-state index contributed by atoms with van der Waals surface area (Å²) in [6, 6.07) is 4.03. The second-order valence-corrected chi connectivity index (χ2v) is 4.99. The summed E-state index contributed by atoms with van der Waals surface area (Å²) < 4.78 is 1.03. The maximum absolute atomic E-state index is 4.23. The van der Waals surface area contributed by atoms with Crippen LogP contribution in [0.1, 0.15) is 13.8 Å². The smallest absolute Gasteiger partial charge is 0.0963 e. The molecule has 0 spiro atoms. The van der Waals surface area contributed by atoms with Crippen LogP contribution in [-0.4, -0.2) is 10.2 Å². The summed E-state index contributed by atoms with van der Waals surface area (Å²) >= 11 is 5.12. The molecule has 1 nitrogen and oxygen atoms in total. The van der Waals surface area contributed by atoms with E-state index in [9.17, 15) is 0 Å². The second-order valence-electron chi connectivity index (χ2n) is 2.48. The molecule has 1 rings (SSSR count). The molecule has 0 atom stereocenters. The van der Waals surface area contributed by atoms with Crippen molar-refractivity contribution in [3.05, 3.63) is 22.8 Å². The molecule has 1 aromatic heterocycles. The van der Waals surface area contributed by atoms with Gasteiger partial charge in [0, 0.05) is 15.9 Å². The van der Waals surface area contributed by atoms with E-state index in [1.807, 2.05) is 18.3 Å². The van der Waals surface area contributed by atoms with E-state index >= 15 is 0 Å². The van der Waals surface area contributed by atoms with Crippen LogP contribution in [0.25, 0.3) is 0 Å². The average Bonchev–Trinajstić information content (AvgIpc) is 1.93. The lowest BCUT2D eigenvalue weighted by molar-refractivity contribution is 1.07. The molecule has 0 aliphatic carbocycles. The first-order valence-corrected chi connectivity index (χ1v) is 5.14. The zero-order valence-corrected chi connectivity index (χ0v) is 8.95. The van der Waals surface area contributed by atoms with Gasteiger partial charge in [-0.1, -0.05) is 13.8 Å². The van der Waals surface area contributed by atoms with Crippen molar-refractivity contribution in [2.45, 2.75) is 24.1 Å². The Hall–Kier alpha value is -0.0200. The lowest BCUT2D eigenvalue weighted by Gasteiger charge is -2.02. The molecule has 0 N–H and O–H groups in total. The SMILES string of the molecule is CC(C)Sc1ccc(Br)cn1. The fourth-order valence-corrected chi connectivity index (χ4v) is 1.65. The van der Waals surface area contributed by atoms with Crippen molar-refractivity contribution in [1.29, 1.82) is 0 Å². The molecule has 0 aliphatic rings. The predicted octanol–water partition coefficient (Wildman–Crippen LogP) is 3.34. The number of hydrogen-bond donors (Lipinski definition) is 0. The summed E-state index contributed by atoms with van der Waals surface area (Å²) in [5, 5.41) is 1.69. The van der Waals surface area contributed by atoms with Gasteiger partial charge in [-0.25, -0.2) is 4.98 Å². The molecule has 0 amide bonds. The van der Waals surface area contributed by atoms with Crippen LogP contribution in [0.3, 0.4) is 0 Å². The normalized spacial score (nSPS) is 10.5. The van der Waals surface area contributed by atoms with Gasteiger partial charge < -0.3 is 0 Å². The molecule has 60 valence electrons. The van der Waals surface area contributed by atoms with Crippen LogP contribution in [0, 0.1) is 0 Å². The lowest BCUT2D eigenvalue weighted by Crippen LogP contribution is -1.87. The number of aromatic nitrogens is 1. The number of thioether (sulfide) groups is 1. The minimum absolute atomic E-state index is 0.601. The summed E-state index contributed by atoms with van der Waals surface area (Å²) in [6.07, 6.45) is 1.82. The molecule has 3 heteroatoms. The van der Waals surface area contributed by atoms with Crippen molar-refractivity contribution in [2.75, 3.05) is 0 Å².